The Morgan fingerprint density at radius 1 is 0.818 bits per heavy atom. The molecule has 0 fully saturated rings. The fourth-order valence-corrected chi connectivity index (χ4v) is 3.65. The quantitative estimate of drug-likeness (QED) is 0.393. The monoisotopic (exact) mass is 449 g/mol. The summed E-state index contributed by atoms with van der Waals surface area (Å²) in [6, 6.07) is 26.7. The first-order chi connectivity index (χ1) is 15.8. The number of rotatable bonds is 6. The third-order valence-electron chi connectivity index (χ3n) is 5.32. The predicted octanol–water partition coefficient (Wildman–Crippen LogP) is 5.78. The van der Waals surface area contributed by atoms with Crippen molar-refractivity contribution in [3.8, 4) is 11.3 Å². The zero-order valence-corrected chi connectivity index (χ0v) is 17.6. The van der Waals surface area contributed by atoms with Crippen LogP contribution in [-0.2, 0) is 19.3 Å². The van der Waals surface area contributed by atoms with E-state index >= 15 is 0 Å². The molecule has 0 amide bonds. The summed E-state index contributed by atoms with van der Waals surface area (Å²) in [7, 11) is 0. The van der Waals surface area contributed by atoms with Gasteiger partial charge >= 0.3 is 6.18 Å². The van der Waals surface area contributed by atoms with E-state index < -0.39 is 23.0 Å². The maximum Gasteiger partial charge on any atom is 0.418 e. The maximum atomic E-state index is 13.6. The van der Waals surface area contributed by atoms with Crippen LogP contribution in [0.1, 0.15) is 16.7 Å². The fourth-order valence-electron chi connectivity index (χ4n) is 3.65. The molecule has 0 spiro atoms. The van der Waals surface area contributed by atoms with Gasteiger partial charge in [0.15, 0.2) is 0 Å². The first-order valence-electron chi connectivity index (χ1n) is 10.4. The van der Waals surface area contributed by atoms with Crippen LogP contribution in [0.4, 0.5) is 24.5 Å². The van der Waals surface area contributed by atoms with Gasteiger partial charge in [0.25, 0.3) is 5.56 Å². The molecule has 0 unspecified atom stereocenters. The summed E-state index contributed by atoms with van der Waals surface area (Å²) in [4.78, 5) is 13.0. The SMILES string of the molecule is Nc1c(C(F)(F)F)cc(-c2cccc(NCc3ccccc3)c2)n(Cc2ccccc2)c1=O. The highest BCUT2D eigenvalue weighted by atomic mass is 19.4. The molecular formula is C26H22F3N3O. The van der Waals surface area contributed by atoms with E-state index in [1.807, 2.05) is 66.7 Å². The van der Waals surface area contributed by atoms with E-state index in [0.717, 1.165) is 22.9 Å². The Morgan fingerprint density at radius 3 is 2.09 bits per heavy atom. The van der Waals surface area contributed by atoms with Gasteiger partial charge in [-0.25, -0.2) is 0 Å². The van der Waals surface area contributed by atoms with Gasteiger partial charge in [0.2, 0.25) is 0 Å². The van der Waals surface area contributed by atoms with Crippen molar-refractivity contribution in [2.24, 2.45) is 0 Å². The second-order valence-corrected chi connectivity index (χ2v) is 7.65. The lowest BCUT2D eigenvalue weighted by atomic mass is 10.0. The molecule has 4 nitrogen and oxygen atoms in total. The Morgan fingerprint density at radius 2 is 1.45 bits per heavy atom. The second-order valence-electron chi connectivity index (χ2n) is 7.65. The molecule has 0 aliphatic carbocycles. The molecular weight excluding hydrogens is 427 g/mol. The van der Waals surface area contributed by atoms with Gasteiger partial charge in [0, 0.05) is 17.8 Å². The number of halogens is 3. The van der Waals surface area contributed by atoms with Crippen molar-refractivity contribution < 1.29 is 13.2 Å². The van der Waals surface area contributed by atoms with Crippen LogP contribution in [0.2, 0.25) is 0 Å². The van der Waals surface area contributed by atoms with Gasteiger partial charge in [-0.15, -0.1) is 0 Å². The lowest BCUT2D eigenvalue weighted by molar-refractivity contribution is -0.137. The van der Waals surface area contributed by atoms with Gasteiger partial charge in [0.1, 0.15) is 5.69 Å². The van der Waals surface area contributed by atoms with Crippen LogP contribution in [0.25, 0.3) is 11.3 Å². The number of alkyl halides is 3. The van der Waals surface area contributed by atoms with Gasteiger partial charge in [-0.1, -0.05) is 72.8 Å². The third-order valence-corrected chi connectivity index (χ3v) is 5.32. The molecule has 0 saturated heterocycles. The van der Waals surface area contributed by atoms with Gasteiger partial charge < -0.3 is 15.6 Å². The van der Waals surface area contributed by atoms with Crippen molar-refractivity contribution in [3.05, 3.63) is 118 Å². The molecule has 33 heavy (non-hydrogen) atoms. The molecule has 168 valence electrons. The Kier molecular flexibility index (Phi) is 6.22. The van der Waals surface area contributed by atoms with E-state index in [1.54, 1.807) is 18.2 Å². The summed E-state index contributed by atoms with van der Waals surface area (Å²) in [5, 5.41) is 3.28. The van der Waals surface area contributed by atoms with Gasteiger partial charge in [0.05, 0.1) is 17.8 Å². The lowest BCUT2D eigenvalue weighted by Gasteiger charge is -2.19. The van der Waals surface area contributed by atoms with Crippen molar-refractivity contribution in [2.75, 3.05) is 11.1 Å². The van der Waals surface area contributed by atoms with E-state index in [0.29, 0.717) is 12.1 Å². The summed E-state index contributed by atoms with van der Waals surface area (Å²) in [6.07, 6.45) is -4.74. The number of anilines is 2. The number of aromatic nitrogens is 1. The topological polar surface area (TPSA) is 60.0 Å². The Bertz CT molecular complexity index is 1300. The highest BCUT2D eigenvalue weighted by Gasteiger charge is 2.35. The summed E-state index contributed by atoms with van der Waals surface area (Å²) in [5.74, 6) is 0. The van der Waals surface area contributed by atoms with E-state index in [4.69, 9.17) is 5.73 Å². The Hall–Kier alpha value is -4.00. The van der Waals surface area contributed by atoms with Crippen LogP contribution in [-0.4, -0.2) is 4.57 Å². The molecule has 3 N–H and O–H groups in total. The molecule has 4 rings (SSSR count). The third kappa shape index (κ3) is 5.09. The molecule has 0 bridgehead atoms. The van der Waals surface area contributed by atoms with Crippen LogP contribution in [0, 0.1) is 0 Å². The van der Waals surface area contributed by atoms with Crippen LogP contribution in [0.5, 0.6) is 0 Å². The van der Waals surface area contributed by atoms with Crippen LogP contribution in [0.15, 0.2) is 95.8 Å². The van der Waals surface area contributed by atoms with E-state index in [1.165, 1.54) is 4.57 Å². The second kappa shape index (κ2) is 9.24. The summed E-state index contributed by atoms with van der Waals surface area (Å²) >= 11 is 0. The standard InChI is InChI=1S/C26H22F3N3O/c27-26(28,29)22-15-23(32(25(33)24(22)30)17-19-10-5-2-6-11-19)20-12-7-13-21(14-20)31-16-18-8-3-1-4-9-18/h1-15,31H,16-17,30H2. The summed E-state index contributed by atoms with van der Waals surface area (Å²) < 4.78 is 42.2. The molecule has 0 radical (unpaired) electrons. The molecule has 0 aliphatic heterocycles. The Balaban J connectivity index is 1.78. The number of nitrogens with one attached hydrogen (secondary N) is 1. The first-order valence-corrected chi connectivity index (χ1v) is 10.4. The van der Waals surface area contributed by atoms with E-state index in [-0.39, 0.29) is 12.2 Å². The average Bonchev–Trinajstić information content (AvgIpc) is 2.81. The number of hydrogen-bond donors (Lipinski definition) is 2. The number of nitrogens with zero attached hydrogens (tertiary/aromatic N) is 1. The van der Waals surface area contributed by atoms with E-state index in [2.05, 4.69) is 5.32 Å². The van der Waals surface area contributed by atoms with Crippen LogP contribution < -0.4 is 16.6 Å². The zero-order chi connectivity index (χ0) is 23.4. The highest BCUT2D eigenvalue weighted by Crippen LogP contribution is 2.35. The number of hydrogen-bond acceptors (Lipinski definition) is 3. The van der Waals surface area contributed by atoms with Crippen molar-refractivity contribution >= 4 is 11.4 Å². The summed E-state index contributed by atoms with van der Waals surface area (Å²) in [6.45, 7) is 0.648. The highest BCUT2D eigenvalue weighted by molar-refractivity contribution is 5.68. The van der Waals surface area contributed by atoms with Crippen molar-refractivity contribution in [1.29, 1.82) is 0 Å². The molecule has 4 aromatic rings. The molecule has 1 heterocycles. The number of pyridine rings is 1. The van der Waals surface area contributed by atoms with E-state index in [9.17, 15) is 18.0 Å². The molecule has 3 aromatic carbocycles. The van der Waals surface area contributed by atoms with Gasteiger partial charge in [-0.2, -0.15) is 13.2 Å². The molecule has 0 atom stereocenters. The van der Waals surface area contributed by atoms with Crippen LogP contribution >= 0.6 is 0 Å². The number of benzene rings is 3. The Labute approximate surface area is 189 Å². The van der Waals surface area contributed by atoms with Gasteiger partial charge in [-0.3, -0.25) is 4.79 Å². The number of nitrogens with two attached hydrogens (primary N) is 1. The molecule has 1 aromatic heterocycles. The molecule has 0 saturated carbocycles. The maximum absolute atomic E-state index is 13.6. The van der Waals surface area contributed by atoms with Crippen molar-refractivity contribution in [2.45, 2.75) is 19.3 Å². The first kappa shape index (κ1) is 22.2. The minimum atomic E-state index is -4.74. The minimum absolute atomic E-state index is 0.0962. The smallest absolute Gasteiger partial charge is 0.394 e. The largest absolute Gasteiger partial charge is 0.418 e. The normalized spacial score (nSPS) is 11.4. The molecule has 7 heteroatoms. The predicted molar refractivity (Wildman–Crippen MR) is 125 cm³/mol. The van der Waals surface area contributed by atoms with Gasteiger partial charge in [-0.05, 0) is 29.3 Å². The fraction of sp³-hybridized carbons (Fsp3) is 0.115. The minimum Gasteiger partial charge on any atom is -0.394 e. The number of nitrogen functional groups attached to an aromatic ring is 1. The zero-order valence-electron chi connectivity index (χ0n) is 17.6. The van der Waals surface area contributed by atoms with Crippen LogP contribution in [0.3, 0.4) is 0 Å². The lowest BCUT2D eigenvalue weighted by Crippen LogP contribution is -2.28. The van der Waals surface area contributed by atoms with Crippen molar-refractivity contribution in [1.82, 2.24) is 4.57 Å². The van der Waals surface area contributed by atoms with Crippen molar-refractivity contribution in [3.63, 3.8) is 0 Å². The molecule has 0 aliphatic rings. The summed E-state index contributed by atoms with van der Waals surface area (Å²) in [5.41, 5.74) is 6.03. The average molecular weight is 449 g/mol.